The highest BCUT2D eigenvalue weighted by atomic mass is 79.9. The molecule has 0 aliphatic heterocycles. The third-order valence-corrected chi connectivity index (χ3v) is 1.70. The minimum Gasteiger partial charge on any atom is -0.493 e. The molecule has 0 aliphatic rings. The number of anilines is 1. The summed E-state index contributed by atoms with van der Waals surface area (Å²) in [7, 11) is 0. The fraction of sp³-hybridized carbons (Fsp3) is 0.250. The van der Waals surface area contributed by atoms with E-state index in [-0.39, 0.29) is 5.69 Å². The maximum atomic E-state index is 11.9. The van der Waals surface area contributed by atoms with E-state index >= 15 is 0 Å². The smallest absolute Gasteiger partial charge is 0.119 e. The van der Waals surface area contributed by atoms with Crippen LogP contribution in [0.2, 0.25) is 0 Å². The van der Waals surface area contributed by atoms with Crippen molar-refractivity contribution >= 4 is 21.6 Å². The van der Waals surface area contributed by atoms with Gasteiger partial charge in [-0.25, -0.2) is 0 Å². The van der Waals surface area contributed by atoms with Gasteiger partial charge in [-0.2, -0.15) is 0 Å². The van der Waals surface area contributed by atoms with Crippen molar-refractivity contribution in [1.29, 1.82) is 0 Å². The van der Waals surface area contributed by atoms with E-state index in [1.807, 2.05) is 0 Å². The second-order valence-electron chi connectivity index (χ2n) is 2.26. The van der Waals surface area contributed by atoms with Gasteiger partial charge in [0.25, 0.3) is 0 Å². The van der Waals surface area contributed by atoms with E-state index in [9.17, 15) is 8.96 Å². The molecule has 0 spiro atoms. The summed E-state index contributed by atoms with van der Waals surface area (Å²) in [6.07, 6.45) is 0. The fourth-order valence-corrected chi connectivity index (χ4v) is 0.973. The van der Waals surface area contributed by atoms with Crippen LogP contribution in [0.5, 0.6) is 5.75 Å². The lowest BCUT2D eigenvalue weighted by atomic mass is 10.3. The standard InChI is InChI=1S/C8H8BrF2NO/c9-5-6-13-8-3-1-7(2-4-8)12(10)11/h1-4H,5-6H2. The predicted octanol–water partition coefficient (Wildman–Crippen LogP) is 3.04. The van der Waals surface area contributed by atoms with Crippen molar-refractivity contribution in [1.82, 2.24) is 0 Å². The zero-order valence-corrected chi connectivity index (χ0v) is 8.30. The summed E-state index contributed by atoms with van der Waals surface area (Å²) in [6, 6.07) is 5.60. The average Bonchev–Trinajstić information content (AvgIpc) is 2.15. The molecule has 1 aromatic rings. The fourth-order valence-electron chi connectivity index (χ4n) is 0.811. The molecule has 0 saturated carbocycles. The Balaban J connectivity index is 2.59. The third kappa shape index (κ3) is 3.18. The molecule has 13 heavy (non-hydrogen) atoms. The quantitative estimate of drug-likeness (QED) is 0.603. The largest absolute Gasteiger partial charge is 0.493 e. The van der Waals surface area contributed by atoms with E-state index in [2.05, 4.69) is 15.9 Å². The van der Waals surface area contributed by atoms with Crippen LogP contribution in [0.15, 0.2) is 24.3 Å². The molecule has 0 heterocycles. The molecule has 0 bridgehead atoms. The van der Waals surface area contributed by atoms with Gasteiger partial charge in [0.15, 0.2) is 0 Å². The van der Waals surface area contributed by atoms with Gasteiger partial charge < -0.3 is 4.74 Å². The molecule has 0 N–H and O–H groups in total. The van der Waals surface area contributed by atoms with E-state index in [4.69, 9.17) is 4.74 Å². The van der Waals surface area contributed by atoms with Crippen LogP contribution >= 0.6 is 15.9 Å². The summed E-state index contributed by atoms with van der Waals surface area (Å²) in [5.41, 5.74) is -0.147. The average molecular weight is 252 g/mol. The van der Waals surface area contributed by atoms with Crippen molar-refractivity contribution in [3.05, 3.63) is 24.3 Å². The van der Waals surface area contributed by atoms with Crippen LogP contribution in [0, 0.1) is 0 Å². The highest BCUT2D eigenvalue weighted by Crippen LogP contribution is 2.19. The lowest BCUT2D eigenvalue weighted by molar-refractivity contribution is 0.235. The molecular weight excluding hydrogens is 244 g/mol. The van der Waals surface area contributed by atoms with Crippen molar-refractivity contribution < 1.29 is 13.7 Å². The minimum absolute atomic E-state index is 0.147. The maximum absolute atomic E-state index is 11.9. The van der Waals surface area contributed by atoms with Crippen LogP contribution in [0.4, 0.5) is 14.6 Å². The van der Waals surface area contributed by atoms with Crippen LogP contribution in [-0.2, 0) is 0 Å². The molecule has 0 radical (unpaired) electrons. The Hall–Kier alpha value is -0.840. The zero-order valence-electron chi connectivity index (χ0n) is 6.71. The van der Waals surface area contributed by atoms with Gasteiger partial charge in [-0.15, -0.1) is 0 Å². The van der Waals surface area contributed by atoms with Gasteiger partial charge in [-0.1, -0.05) is 24.9 Å². The summed E-state index contributed by atoms with van der Waals surface area (Å²) in [6.45, 7) is 0.522. The summed E-state index contributed by atoms with van der Waals surface area (Å²) in [5, 5.41) is -0.221. The Bertz CT molecular complexity index is 253. The minimum atomic E-state index is -0.936. The Labute approximate surface area is 83.1 Å². The van der Waals surface area contributed by atoms with Gasteiger partial charge in [-0.05, 0) is 29.6 Å². The Morgan fingerprint density at radius 2 is 1.85 bits per heavy atom. The molecule has 0 atom stereocenters. The Kier molecular flexibility index (Phi) is 3.95. The molecule has 1 aromatic carbocycles. The molecule has 0 aliphatic carbocycles. The van der Waals surface area contributed by atoms with Gasteiger partial charge in [0.1, 0.15) is 11.4 Å². The number of hydrogen-bond acceptors (Lipinski definition) is 2. The molecule has 0 amide bonds. The van der Waals surface area contributed by atoms with E-state index < -0.39 is 5.34 Å². The van der Waals surface area contributed by atoms with Gasteiger partial charge in [0.2, 0.25) is 0 Å². The number of hydrogen-bond donors (Lipinski definition) is 0. The molecular formula is C8H8BrF2NO. The number of nitrogens with zero attached hydrogens (tertiary/aromatic N) is 1. The number of alkyl halides is 1. The topological polar surface area (TPSA) is 12.5 Å². The maximum Gasteiger partial charge on any atom is 0.119 e. The van der Waals surface area contributed by atoms with Crippen molar-refractivity contribution in [3.8, 4) is 5.75 Å². The number of ether oxygens (including phenoxy) is 1. The van der Waals surface area contributed by atoms with Gasteiger partial charge in [0.05, 0.1) is 6.61 Å². The summed E-state index contributed by atoms with van der Waals surface area (Å²) in [4.78, 5) is 0. The lowest BCUT2D eigenvalue weighted by Crippen LogP contribution is -1.98. The first-order chi connectivity index (χ1) is 6.24. The normalized spacial score (nSPS) is 9.77. The van der Waals surface area contributed by atoms with Crippen molar-refractivity contribution in [2.24, 2.45) is 0 Å². The summed E-state index contributed by atoms with van der Waals surface area (Å²) in [5.74, 6) is 0.588. The van der Waals surface area contributed by atoms with Crippen LogP contribution in [0.3, 0.4) is 0 Å². The molecule has 0 unspecified atom stereocenters. The Morgan fingerprint density at radius 3 is 2.31 bits per heavy atom. The molecule has 1 rings (SSSR count). The van der Waals surface area contributed by atoms with Gasteiger partial charge in [0, 0.05) is 5.33 Å². The molecule has 0 aromatic heterocycles. The zero-order chi connectivity index (χ0) is 9.68. The number of benzene rings is 1. The van der Waals surface area contributed by atoms with Crippen LogP contribution < -0.4 is 10.1 Å². The van der Waals surface area contributed by atoms with E-state index in [1.165, 1.54) is 24.3 Å². The Morgan fingerprint density at radius 1 is 1.23 bits per heavy atom. The highest BCUT2D eigenvalue weighted by Gasteiger charge is 2.01. The first-order valence-electron chi connectivity index (χ1n) is 3.64. The SMILES string of the molecule is FN(F)c1ccc(OCCBr)cc1. The van der Waals surface area contributed by atoms with Crippen LogP contribution in [0.1, 0.15) is 0 Å². The summed E-state index contributed by atoms with van der Waals surface area (Å²) >= 11 is 3.19. The van der Waals surface area contributed by atoms with Crippen LogP contribution in [0.25, 0.3) is 0 Å². The molecule has 0 fully saturated rings. The first-order valence-corrected chi connectivity index (χ1v) is 4.76. The predicted molar refractivity (Wildman–Crippen MR) is 50.4 cm³/mol. The summed E-state index contributed by atoms with van der Waals surface area (Å²) < 4.78 is 29.1. The molecule has 72 valence electrons. The van der Waals surface area contributed by atoms with E-state index in [1.54, 1.807) is 0 Å². The monoisotopic (exact) mass is 251 g/mol. The van der Waals surface area contributed by atoms with E-state index in [0.29, 0.717) is 17.7 Å². The van der Waals surface area contributed by atoms with Crippen molar-refractivity contribution in [2.75, 3.05) is 17.3 Å². The highest BCUT2D eigenvalue weighted by molar-refractivity contribution is 9.09. The first kappa shape index (κ1) is 10.2. The number of halogens is 3. The molecule has 2 nitrogen and oxygen atoms in total. The van der Waals surface area contributed by atoms with Crippen molar-refractivity contribution in [3.63, 3.8) is 0 Å². The van der Waals surface area contributed by atoms with Crippen molar-refractivity contribution in [2.45, 2.75) is 0 Å². The van der Waals surface area contributed by atoms with E-state index in [0.717, 1.165) is 0 Å². The lowest BCUT2D eigenvalue weighted by Gasteiger charge is -2.05. The molecule has 5 heteroatoms. The van der Waals surface area contributed by atoms with Gasteiger partial charge >= 0.3 is 0 Å². The third-order valence-electron chi connectivity index (χ3n) is 1.38. The number of rotatable bonds is 4. The van der Waals surface area contributed by atoms with Crippen LogP contribution in [-0.4, -0.2) is 11.9 Å². The second kappa shape index (κ2) is 5.01. The molecule has 0 saturated heterocycles. The van der Waals surface area contributed by atoms with Gasteiger partial charge in [-0.3, -0.25) is 0 Å². The second-order valence-corrected chi connectivity index (χ2v) is 3.06.